The number of hydrogen-bond acceptors (Lipinski definition) is 4. The number of carbonyl (C=O) groups excluding carboxylic acids is 1. The molecule has 0 fully saturated rings. The van der Waals surface area contributed by atoms with E-state index >= 15 is 0 Å². The van der Waals surface area contributed by atoms with Crippen LogP contribution in [0.4, 0.5) is 5.69 Å². The van der Waals surface area contributed by atoms with Crippen molar-refractivity contribution >= 4 is 39.6 Å². The molecule has 0 aliphatic heterocycles. The van der Waals surface area contributed by atoms with E-state index in [1.807, 2.05) is 36.4 Å². The Bertz CT molecular complexity index is 1330. The highest BCUT2D eigenvalue weighted by molar-refractivity contribution is 6.11. The Morgan fingerprint density at radius 2 is 1.97 bits per heavy atom. The summed E-state index contributed by atoms with van der Waals surface area (Å²) in [5, 5.41) is 15.2. The van der Waals surface area contributed by atoms with Crippen molar-refractivity contribution in [2.75, 3.05) is 12.4 Å². The van der Waals surface area contributed by atoms with Gasteiger partial charge in [0.05, 0.1) is 18.4 Å². The zero-order chi connectivity index (χ0) is 20.8. The number of rotatable bonds is 3. The molecule has 4 aromatic rings. The molecular formula is C25H21NO4. The fourth-order valence-corrected chi connectivity index (χ4v) is 4.05. The fraction of sp³-hybridized carbons (Fsp3) is 0.160. The molecule has 1 atom stereocenters. The second kappa shape index (κ2) is 6.95. The van der Waals surface area contributed by atoms with Crippen molar-refractivity contribution < 1.29 is 19.1 Å². The van der Waals surface area contributed by atoms with E-state index in [0.717, 1.165) is 33.9 Å². The molecule has 30 heavy (non-hydrogen) atoms. The summed E-state index contributed by atoms with van der Waals surface area (Å²) in [4.78, 5) is 13.0. The van der Waals surface area contributed by atoms with Gasteiger partial charge in [-0.3, -0.25) is 4.79 Å². The van der Waals surface area contributed by atoms with E-state index in [2.05, 4.69) is 18.3 Å². The van der Waals surface area contributed by atoms with Gasteiger partial charge in [-0.2, -0.15) is 0 Å². The summed E-state index contributed by atoms with van der Waals surface area (Å²) in [5.41, 5.74) is 4.12. The Morgan fingerprint density at radius 1 is 1.13 bits per heavy atom. The minimum Gasteiger partial charge on any atom is -0.507 e. The molecule has 1 aliphatic rings. The van der Waals surface area contributed by atoms with Gasteiger partial charge in [0.2, 0.25) is 0 Å². The Labute approximate surface area is 173 Å². The summed E-state index contributed by atoms with van der Waals surface area (Å²) in [6.45, 7) is 2.12. The van der Waals surface area contributed by atoms with Crippen LogP contribution < -0.4 is 10.1 Å². The summed E-state index contributed by atoms with van der Waals surface area (Å²) in [5.74, 6) is 0.499. The van der Waals surface area contributed by atoms with Crippen molar-refractivity contribution in [3.05, 3.63) is 71.3 Å². The number of hydrogen-bond donors (Lipinski definition) is 2. The Balaban J connectivity index is 1.53. The summed E-state index contributed by atoms with van der Waals surface area (Å²) in [6.07, 6.45) is 4.96. The van der Waals surface area contributed by atoms with Gasteiger partial charge in [-0.15, -0.1) is 0 Å². The number of allylic oxidation sites excluding steroid dienone is 1. The summed E-state index contributed by atoms with van der Waals surface area (Å²) >= 11 is 0. The first-order valence-electron chi connectivity index (χ1n) is 9.88. The quantitative estimate of drug-likeness (QED) is 0.460. The third-order valence-electron chi connectivity index (χ3n) is 5.60. The molecule has 0 spiro atoms. The smallest absolute Gasteiger partial charge is 0.259 e. The van der Waals surface area contributed by atoms with Crippen LogP contribution in [0.15, 0.2) is 59.0 Å². The maximum absolute atomic E-state index is 13.0. The van der Waals surface area contributed by atoms with Crippen LogP contribution in [0.5, 0.6) is 11.5 Å². The molecule has 5 nitrogen and oxygen atoms in total. The molecule has 1 unspecified atom stereocenters. The summed E-state index contributed by atoms with van der Waals surface area (Å²) in [6, 6.07) is 14.8. The maximum atomic E-state index is 13.0. The lowest BCUT2D eigenvalue weighted by Crippen LogP contribution is -2.14. The Hall–Kier alpha value is -3.73. The fourth-order valence-electron chi connectivity index (χ4n) is 4.05. The number of methoxy groups -OCH3 is 1. The summed E-state index contributed by atoms with van der Waals surface area (Å²) < 4.78 is 11.4. The van der Waals surface area contributed by atoms with Gasteiger partial charge in [0.25, 0.3) is 5.91 Å². The van der Waals surface area contributed by atoms with Crippen LogP contribution in [0.3, 0.4) is 0 Å². The molecule has 3 aromatic carbocycles. The molecular weight excluding hydrogens is 378 g/mol. The molecule has 1 amide bonds. The number of ether oxygens (including phenoxy) is 1. The highest BCUT2D eigenvalue weighted by Crippen LogP contribution is 2.37. The van der Waals surface area contributed by atoms with E-state index < -0.39 is 5.91 Å². The molecule has 1 aromatic heterocycles. The van der Waals surface area contributed by atoms with Crippen LogP contribution >= 0.6 is 0 Å². The van der Waals surface area contributed by atoms with Crippen LogP contribution in [-0.2, 0) is 6.42 Å². The van der Waals surface area contributed by atoms with Gasteiger partial charge >= 0.3 is 0 Å². The molecule has 5 heteroatoms. The molecule has 0 bridgehead atoms. The van der Waals surface area contributed by atoms with Gasteiger partial charge in [0, 0.05) is 16.8 Å². The number of para-hydroxylation sites is 1. The van der Waals surface area contributed by atoms with Gasteiger partial charge < -0.3 is 19.6 Å². The Kier molecular flexibility index (Phi) is 4.24. The minimum atomic E-state index is -0.406. The lowest BCUT2D eigenvalue weighted by molar-refractivity contribution is 0.102. The van der Waals surface area contributed by atoms with Gasteiger partial charge in [-0.05, 0) is 47.7 Å². The second-order valence-corrected chi connectivity index (χ2v) is 7.71. The number of phenolic OH excluding ortho intramolecular Hbond substituents is 1. The number of nitrogens with one attached hydrogen (secondary N) is 1. The third kappa shape index (κ3) is 2.99. The first kappa shape index (κ1) is 18.3. The van der Waals surface area contributed by atoms with E-state index in [4.69, 9.17) is 9.15 Å². The molecule has 5 rings (SSSR count). The van der Waals surface area contributed by atoms with Crippen molar-refractivity contribution in [2.24, 2.45) is 5.92 Å². The van der Waals surface area contributed by atoms with Crippen LogP contribution in [-0.4, -0.2) is 18.1 Å². The molecule has 2 N–H and O–H groups in total. The van der Waals surface area contributed by atoms with Crippen molar-refractivity contribution in [3.8, 4) is 11.5 Å². The monoisotopic (exact) mass is 399 g/mol. The number of anilines is 1. The first-order valence-corrected chi connectivity index (χ1v) is 9.88. The number of aromatic hydroxyl groups is 1. The van der Waals surface area contributed by atoms with E-state index in [0.29, 0.717) is 22.9 Å². The van der Waals surface area contributed by atoms with E-state index in [1.165, 1.54) is 0 Å². The number of benzene rings is 3. The van der Waals surface area contributed by atoms with Gasteiger partial charge in [-0.25, -0.2) is 0 Å². The van der Waals surface area contributed by atoms with E-state index in [9.17, 15) is 9.90 Å². The van der Waals surface area contributed by atoms with Gasteiger partial charge in [0.1, 0.15) is 22.7 Å². The highest BCUT2D eigenvalue weighted by Gasteiger charge is 2.20. The van der Waals surface area contributed by atoms with Gasteiger partial charge in [0.15, 0.2) is 0 Å². The molecule has 0 saturated carbocycles. The Morgan fingerprint density at radius 3 is 2.80 bits per heavy atom. The van der Waals surface area contributed by atoms with Gasteiger partial charge in [-0.1, -0.05) is 37.3 Å². The largest absolute Gasteiger partial charge is 0.507 e. The average Bonchev–Trinajstić information content (AvgIpc) is 3.09. The molecule has 1 aliphatic carbocycles. The topological polar surface area (TPSA) is 71.7 Å². The highest BCUT2D eigenvalue weighted by atomic mass is 16.5. The SMILES string of the molecule is COc1cc2c(cc1NC(=O)c1cc3c(cc1O)CC(C)C=C3)oc1ccccc12. The average molecular weight is 399 g/mol. The van der Waals surface area contributed by atoms with Crippen LogP contribution in [0.2, 0.25) is 0 Å². The predicted octanol–water partition coefficient (Wildman–Crippen LogP) is 5.76. The molecule has 0 radical (unpaired) electrons. The minimum absolute atomic E-state index is 0.0301. The molecule has 0 saturated heterocycles. The number of phenols is 1. The van der Waals surface area contributed by atoms with Crippen molar-refractivity contribution in [2.45, 2.75) is 13.3 Å². The lowest BCUT2D eigenvalue weighted by atomic mass is 9.89. The third-order valence-corrected chi connectivity index (χ3v) is 5.60. The predicted molar refractivity (Wildman–Crippen MR) is 118 cm³/mol. The summed E-state index contributed by atoms with van der Waals surface area (Å²) in [7, 11) is 1.56. The van der Waals surface area contributed by atoms with Crippen molar-refractivity contribution in [1.29, 1.82) is 0 Å². The van der Waals surface area contributed by atoms with Crippen LogP contribution in [0.1, 0.15) is 28.4 Å². The maximum Gasteiger partial charge on any atom is 0.259 e. The number of fused-ring (bicyclic) bond motifs is 4. The van der Waals surface area contributed by atoms with Crippen LogP contribution in [0.25, 0.3) is 28.0 Å². The first-order chi connectivity index (χ1) is 14.5. The van der Waals surface area contributed by atoms with E-state index in [1.54, 1.807) is 25.3 Å². The molecule has 1 heterocycles. The lowest BCUT2D eigenvalue weighted by Gasteiger charge is -2.18. The number of furan rings is 1. The number of amides is 1. The second-order valence-electron chi connectivity index (χ2n) is 7.71. The van der Waals surface area contributed by atoms with Crippen LogP contribution in [0, 0.1) is 5.92 Å². The number of carbonyl (C=O) groups is 1. The normalized spacial score (nSPS) is 15.3. The van der Waals surface area contributed by atoms with E-state index in [-0.39, 0.29) is 11.3 Å². The van der Waals surface area contributed by atoms with Crippen molar-refractivity contribution in [3.63, 3.8) is 0 Å². The van der Waals surface area contributed by atoms with Crippen molar-refractivity contribution in [1.82, 2.24) is 0 Å². The zero-order valence-corrected chi connectivity index (χ0v) is 16.7. The molecule has 150 valence electrons. The zero-order valence-electron chi connectivity index (χ0n) is 16.7. The standard InChI is InChI=1S/C25H21NO4/c1-14-7-8-15-10-19(21(27)11-16(15)9-14)25(28)26-20-13-23-18(12-24(20)29-2)17-5-3-4-6-22(17)30-23/h3-8,10-14,27H,9H2,1-2H3,(H,26,28).